The van der Waals surface area contributed by atoms with Gasteiger partial charge in [-0.25, -0.2) is 4.98 Å². The number of hydrogen-bond donors (Lipinski definition) is 1. The van der Waals surface area contributed by atoms with Gasteiger partial charge >= 0.3 is 0 Å². The van der Waals surface area contributed by atoms with E-state index < -0.39 is 0 Å². The number of carbonyl (C=O) groups is 1. The molecule has 1 aliphatic rings. The predicted octanol–water partition coefficient (Wildman–Crippen LogP) is 1.32. The zero-order chi connectivity index (χ0) is 14.7. The largest absolute Gasteiger partial charge is 0.472 e. The monoisotopic (exact) mass is 290 g/mol. The van der Waals surface area contributed by atoms with Crippen molar-refractivity contribution in [2.24, 2.45) is 0 Å². The Bertz CT molecular complexity index is 567. The molecule has 2 aromatic heterocycles. The molecule has 0 saturated carbocycles. The van der Waals surface area contributed by atoms with Crippen LogP contribution in [0.5, 0.6) is 0 Å². The van der Waals surface area contributed by atoms with Crippen molar-refractivity contribution in [2.75, 3.05) is 13.7 Å². The summed E-state index contributed by atoms with van der Waals surface area (Å²) in [5.74, 6) is 0.809. The lowest BCUT2D eigenvalue weighted by molar-refractivity contribution is -0.132. The maximum atomic E-state index is 12.5. The van der Waals surface area contributed by atoms with Gasteiger partial charge in [0.05, 0.1) is 24.7 Å². The van der Waals surface area contributed by atoms with Crippen molar-refractivity contribution in [3.63, 3.8) is 0 Å². The number of methoxy groups -OCH3 is 1. The van der Waals surface area contributed by atoms with Crippen molar-refractivity contribution in [2.45, 2.75) is 31.4 Å². The molecule has 2 aromatic rings. The van der Waals surface area contributed by atoms with Crippen LogP contribution < -0.4 is 0 Å². The van der Waals surface area contributed by atoms with E-state index >= 15 is 0 Å². The molecule has 7 nitrogen and oxygen atoms in total. The Hall–Kier alpha value is -2.15. The number of hydrogen-bond acceptors (Lipinski definition) is 5. The van der Waals surface area contributed by atoms with Crippen LogP contribution in [0.15, 0.2) is 29.3 Å². The second-order valence-corrected chi connectivity index (χ2v) is 5.16. The van der Waals surface area contributed by atoms with Gasteiger partial charge in [-0.1, -0.05) is 0 Å². The summed E-state index contributed by atoms with van der Waals surface area (Å²) in [6.45, 7) is 0.589. The van der Waals surface area contributed by atoms with Crippen LogP contribution in [0.3, 0.4) is 0 Å². The Labute approximate surface area is 122 Å². The maximum Gasteiger partial charge on any atom is 0.223 e. The third-order valence-electron chi connectivity index (χ3n) is 3.87. The molecular weight excluding hydrogens is 272 g/mol. The molecule has 3 rings (SSSR count). The first-order valence-electron chi connectivity index (χ1n) is 6.96. The third kappa shape index (κ3) is 2.97. The number of carbonyl (C=O) groups excluding carboxylic acids is 1. The molecule has 1 fully saturated rings. The molecule has 21 heavy (non-hydrogen) atoms. The summed E-state index contributed by atoms with van der Waals surface area (Å²) >= 11 is 0. The van der Waals surface area contributed by atoms with Gasteiger partial charge in [0.2, 0.25) is 5.91 Å². The first kappa shape index (κ1) is 13.8. The van der Waals surface area contributed by atoms with Crippen molar-refractivity contribution < 1.29 is 13.9 Å². The fraction of sp³-hybridized carbons (Fsp3) is 0.500. The molecule has 0 radical (unpaired) electrons. The predicted molar refractivity (Wildman–Crippen MR) is 73.3 cm³/mol. The van der Waals surface area contributed by atoms with Crippen molar-refractivity contribution in [3.05, 3.63) is 36.3 Å². The van der Waals surface area contributed by atoms with Crippen LogP contribution in [-0.2, 0) is 16.0 Å². The number of ether oxygens (including phenoxy) is 1. The average molecular weight is 290 g/mol. The Morgan fingerprint density at radius 3 is 3.19 bits per heavy atom. The van der Waals surface area contributed by atoms with E-state index in [1.165, 1.54) is 6.33 Å². The normalized spacial score (nSPS) is 21.9. The molecule has 1 aliphatic heterocycles. The lowest BCUT2D eigenvalue weighted by Gasteiger charge is -2.22. The van der Waals surface area contributed by atoms with Crippen LogP contribution >= 0.6 is 0 Å². The average Bonchev–Trinajstić information content (AvgIpc) is 3.24. The first-order valence-corrected chi connectivity index (χ1v) is 6.96. The van der Waals surface area contributed by atoms with E-state index in [-0.39, 0.29) is 18.1 Å². The molecule has 0 aromatic carbocycles. The van der Waals surface area contributed by atoms with Gasteiger partial charge in [-0.05, 0) is 18.1 Å². The fourth-order valence-electron chi connectivity index (χ4n) is 2.71. The van der Waals surface area contributed by atoms with Crippen molar-refractivity contribution in [1.82, 2.24) is 20.1 Å². The number of H-pyrrole nitrogens is 1. The molecule has 7 heteroatoms. The third-order valence-corrected chi connectivity index (χ3v) is 3.87. The number of aromatic nitrogens is 3. The summed E-state index contributed by atoms with van der Waals surface area (Å²) in [6, 6.07) is 1.79. The molecule has 0 unspecified atom stereocenters. The van der Waals surface area contributed by atoms with E-state index in [2.05, 4.69) is 15.2 Å². The number of rotatable bonds is 5. The zero-order valence-corrected chi connectivity index (χ0v) is 11.9. The van der Waals surface area contributed by atoms with Crippen molar-refractivity contribution >= 4 is 5.91 Å². The summed E-state index contributed by atoms with van der Waals surface area (Å²) in [4.78, 5) is 18.5. The number of likely N-dealkylation sites (tertiary alicyclic amines) is 1. The van der Waals surface area contributed by atoms with Crippen LogP contribution in [0, 0.1) is 0 Å². The Morgan fingerprint density at radius 2 is 2.52 bits per heavy atom. The molecule has 0 aliphatic carbocycles. The molecule has 1 saturated heterocycles. The molecule has 0 spiro atoms. The highest BCUT2D eigenvalue weighted by Crippen LogP contribution is 2.31. The van der Waals surface area contributed by atoms with E-state index in [4.69, 9.17) is 9.15 Å². The molecule has 1 amide bonds. The minimum Gasteiger partial charge on any atom is -0.472 e. The smallest absolute Gasteiger partial charge is 0.223 e. The fourth-order valence-corrected chi connectivity index (χ4v) is 2.71. The number of nitrogens with one attached hydrogen (secondary N) is 1. The summed E-state index contributed by atoms with van der Waals surface area (Å²) in [5, 5.41) is 6.72. The van der Waals surface area contributed by atoms with Gasteiger partial charge in [-0.2, -0.15) is 5.10 Å². The molecule has 2 atom stereocenters. The molecule has 3 heterocycles. The van der Waals surface area contributed by atoms with E-state index in [0.29, 0.717) is 25.2 Å². The van der Waals surface area contributed by atoms with Crippen LogP contribution in [0.2, 0.25) is 0 Å². The summed E-state index contributed by atoms with van der Waals surface area (Å²) in [7, 11) is 1.67. The van der Waals surface area contributed by atoms with Crippen LogP contribution in [0.1, 0.15) is 30.3 Å². The Kier molecular flexibility index (Phi) is 4.01. The highest BCUT2D eigenvalue weighted by atomic mass is 16.5. The summed E-state index contributed by atoms with van der Waals surface area (Å²) < 4.78 is 10.4. The minimum atomic E-state index is -0.0886. The molecule has 1 N–H and O–H groups in total. The van der Waals surface area contributed by atoms with Gasteiger partial charge in [0.15, 0.2) is 0 Å². The minimum absolute atomic E-state index is 0.0398. The second-order valence-electron chi connectivity index (χ2n) is 5.16. The summed E-state index contributed by atoms with van der Waals surface area (Å²) in [5.41, 5.74) is 1.03. The molecule has 112 valence electrons. The lowest BCUT2D eigenvalue weighted by Crippen LogP contribution is -2.32. The highest BCUT2D eigenvalue weighted by molar-refractivity contribution is 5.77. The molecule has 0 bridgehead atoms. The quantitative estimate of drug-likeness (QED) is 0.897. The summed E-state index contributed by atoms with van der Waals surface area (Å²) in [6.07, 6.45) is 6.65. The molecular formula is C14H18N4O3. The van der Waals surface area contributed by atoms with Crippen molar-refractivity contribution in [3.8, 4) is 0 Å². The number of amides is 1. The number of nitrogens with zero attached hydrogens (tertiary/aromatic N) is 3. The maximum absolute atomic E-state index is 12.5. The highest BCUT2D eigenvalue weighted by Gasteiger charge is 2.37. The number of aryl methyl sites for hydroxylation is 1. The van der Waals surface area contributed by atoms with Crippen LogP contribution in [0.4, 0.5) is 0 Å². The number of aromatic amines is 1. The topological polar surface area (TPSA) is 84.3 Å². The lowest BCUT2D eigenvalue weighted by atomic mass is 10.1. The standard InChI is InChI=1S/C14H18N4O3/c1-20-11-6-12(14-15-9-16-17-14)18(7-11)13(19)3-2-10-4-5-21-8-10/h4-5,8-9,11-12H,2-3,6-7H2,1H3,(H,15,16,17)/t11-,12+/m1/s1. The number of furan rings is 1. The van der Waals surface area contributed by atoms with Gasteiger partial charge in [0.25, 0.3) is 0 Å². The first-order chi connectivity index (χ1) is 10.3. The Morgan fingerprint density at radius 1 is 1.62 bits per heavy atom. The van der Waals surface area contributed by atoms with E-state index in [0.717, 1.165) is 12.0 Å². The van der Waals surface area contributed by atoms with Gasteiger partial charge in [0.1, 0.15) is 12.2 Å². The van der Waals surface area contributed by atoms with Crippen LogP contribution in [0.25, 0.3) is 0 Å². The van der Waals surface area contributed by atoms with Gasteiger partial charge < -0.3 is 14.1 Å². The van der Waals surface area contributed by atoms with Gasteiger partial charge in [0, 0.05) is 26.5 Å². The zero-order valence-electron chi connectivity index (χ0n) is 11.9. The van der Waals surface area contributed by atoms with Crippen molar-refractivity contribution in [1.29, 1.82) is 0 Å². The van der Waals surface area contributed by atoms with E-state index in [1.807, 2.05) is 11.0 Å². The van der Waals surface area contributed by atoms with Crippen LogP contribution in [-0.4, -0.2) is 45.7 Å². The van der Waals surface area contributed by atoms with E-state index in [9.17, 15) is 4.79 Å². The van der Waals surface area contributed by atoms with Gasteiger partial charge in [-0.3, -0.25) is 9.89 Å². The SMILES string of the molecule is CO[C@@H]1C[C@@H](c2ncn[nH]2)N(C(=O)CCc2ccoc2)C1. The second kappa shape index (κ2) is 6.09. The van der Waals surface area contributed by atoms with E-state index in [1.54, 1.807) is 19.6 Å². The van der Waals surface area contributed by atoms with Gasteiger partial charge in [-0.15, -0.1) is 0 Å². The Balaban J connectivity index is 1.67.